The number of carbonyl (C=O) groups excluding carboxylic acids is 1. The summed E-state index contributed by atoms with van der Waals surface area (Å²) in [6, 6.07) is 3.62. The predicted octanol–water partition coefficient (Wildman–Crippen LogP) is 0.936. The zero-order chi connectivity index (χ0) is 17.9. The molecule has 134 valence electrons. The Morgan fingerprint density at radius 1 is 1.54 bits per heavy atom. The molecule has 3 N–H and O–H groups in total. The maximum atomic E-state index is 13.5. The lowest BCUT2D eigenvalue weighted by Gasteiger charge is -2.20. The fourth-order valence-electron chi connectivity index (χ4n) is 2.57. The van der Waals surface area contributed by atoms with Gasteiger partial charge in [0.25, 0.3) is 0 Å². The van der Waals surface area contributed by atoms with E-state index in [-0.39, 0.29) is 29.1 Å². The van der Waals surface area contributed by atoms with Crippen LogP contribution in [0.4, 0.5) is 10.1 Å². The van der Waals surface area contributed by atoms with Crippen LogP contribution >= 0.6 is 11.6 Å². The summed E-state index contributed by atoms with van der Waals surface area (Å²) in [5.41, 5.74) is 6.43. The van der Waals surface area contributed by atoms with Crippen molar-refractivity contribution in [1.29, 1.82) is 0 Å². The maximum Gasteiger partial charge on any atom is 0.237 e. The Balaban J connectivity index is 1.86. The highest BCUT2D eigenvalue weighted by atomic mass is 35.5. The smallest absolute Gasteiger partial charge is 0.237 e. The molecule has 1 fully saturated rings. The van der Waals surface area contributed by atoms with Gasteiger partial charge in [-0.25, -0.2) is 12.8 Å². The monoisotopic (exact) mass is 377 g/mol. The van der Waals surface area contributed by atoms with Crippen molar-refractivity contribution >= 4 is 33.0 Å². The first kappa shape index (κ1) is 19.0. The zero-order valence-corrected chi connectivity index (χ0v) is 14.9. The van der Waals surface area contributed by atoms with Crippen molar-refractivity contribution in [3.05, 3.63) is 29.0 Å². The average Bonchev–Trinajstić information content (AvgIpc) is 2.95. The Morgan fingerprint density at radius 2 is 2.25 bits per heavy atom. The lowest BCUT2D eigenvalue weighted by atomic mass is 10.2. The molecule has 24 heavy (non-hydrogen) atoms. The summed E-state index contributed by atoms with van der Waals surface area (Å²) in [6.07, 6.45) is 1.90. The van der Waals surface area contributed by atoms with Gasteiger partial charge in [0.15, 0.2) is 0 Å². The number of hydrogen-bond donors (Lipinski definition) is 2. The molecule has 9 heteroatoms. The molecule has 1 aromatic carbocycles. The van der Waals surface area contributed by atoms with Gasteiger partial charge in [-0.3, -0.25) is 4.79 Å². The van der Waals surface area contributed by atoms with Gasteiger partial charge < -0.3 is 16.0 Å². The van der Waals surface area contributed by atoms with Gasteiger partial charge in [0.1, 0.15) is 15.7 Å². The van der Waals surface area contributed by atoms with Crippen LogP contribution in [-0.4, -0.2) is 51.5 Å². The summed E-state index contributed by atoms with van der Waals surface area (Å²) in [6.45, 7) is 1.20. The summed E-state index contributed by atoms with van der Waals surface area (Å²) in [5, 5.41) is 2.89. The van der Waals surface area contributed by atoms with E-state index >= 15 is 0 Å². The van der Waals surface area contributed by atoms with Crippen LogP contribution in [0.15, 0.2) is 18.2 Å². The fourth-order valence-corrected chi connectivity index (χ4v) is 3.37. The number of hydrogen-bond acceptors (Lipinski definition) is 5. The third-order valence-corrected chi connectivity index (χ3v) is 5.22. The van der Waals surface area contributed by atoms with E-state index in [1.807, 2.05) is 4.90 Å². The van der Waals surface area contributed by atoms with Gasteiger partial charge >= 0.3 is 0 Å². The maximum absolute atomic E-state index is 13.5. The van der Waals surface area contributed by atoms with Crippen molar-refractivity contribution in [2.45, 2.75) is 24.9 Å². The van der Waals surface area contributed by atoms with Crippen LogP contribution in [0.2, 0.25) is 5.02 Å². The third kappa shape index (κ3) is 5.32. The molecule has 0 aromatic heterocycles. The lowest BCUT2D eigenvalue weighted by molar-refractivity contribution is -0.122. The Morgan fingerprint density at radius 3 is 2.88 bits per heavy atom. The first-order valence-corrected chi connectivity index (χ1v) is 10.0. The van der Waals surface area contributed by atoms with Gasteiger partial charge in [-0.15, -0.1) is 0 Å². The van der Waals surface area contributed by atoms with Crippen molar-refractivity contribution in [3.8, 4) is 0 Å². The van der Waals surface area contributed by atoms with Crippen LogP contribution in [-0.2, 0) is 14.6 Å². The van der Waals surface area contributed by atoms with E-state index in [1.54, 1.807) is 6.07 Å². The van der Waals surface area contributed by atoms with Crippen LogP contribution in [0.3, 0.4) is 0 Å². The van der Waals surface area contributed by atoms with E-state index in [1.165, 1.54) is 12.1 Å². The van der Waals surface area contributed by atoms with Crippen molar-refractivity contribution in [2.24, 2.45) is 5.73 Å². The van der Waals surface area contributed by atoms with Gasteiger partial charge in [-0.1, -0.05) is 11.6 Å². The molecule has 0 spiro atoms. The Hall–Kier alpha value is -1.38. The van der Waals surface area contributed by atoms with Gasteiger partial charge in [-0.05, 0) is 31.0 Å². The number of amides is 1. The molecule has 1 saturated heterocycles. The normalized spacial score (nSPS) is 19.3. The summed E-state index contributed by atoms with van der Waals surface area (Å²) >= 11 is 5.67. The van der Waals surface area contributed by atoms with Crippen LogP contribution in [0.25, 0.3) is 0 Å². The van der Waals surface area contributed by atoms with Crippen molar-refractivity contribution < 1.29 is 17.6 Å². The van der Waals surface area contributed by atoms with Crippen LogP contribution in [0, 0.1) is 5.82 Å². The molecule has 2 rings (SSSR count). The van der Waals surface area contributed by atoms with Gasteiger partial charge in [0.05, 0.1) is 16.8 Å². The topological polar surface area (TPSA) is 92.5 Å². The highest BCUT2D eigenvalue weighted by Crippen LogP contribution is 2.25. The number of sulfone groups is 1. The molecule has 0 aliphatic carbocycles. The van der Waals surface area contributed by atoms with Crippen molar-refractivity contribution in [3.63, 3.8) is 0 Å². The highest BCUT2D eigenvalue weighted by molar-refractivity contribution is 7.90. The number of halogens is 2. The largest absolute Gasteiger partial charge is 0.369 e. The average molecular weight is 378 g/mol. The summed E-state index contributed by atoms with van der Waals surface area (Å²) in [7, 11) is -3.15. The number of nitrogens with two attached hydrogens (primary N) is 1. The molecular weight excluding hydrogens is 357 g/mol. The fraction of sp³-hybridized carbons (Fsp3) is 0.533. The Kier molecular flexibility index (Phi) is 6.06. The number of anilines is 1. The van der Waals surface area contributed by atoms with E-state index in [2.05, 4.69) is 5.32 Å². The van der Waals surface area contributed by atoms with E-state index < -0.39 is 21.7 Å². The van der Waals surface area contributed by atoms with E-state index in [0.29, 0.717) is 25.2 Å². The van der Waals surface area contributed by atoms with Crippen LogP contribution in [0.5, 0.6) is 0 Å². The first-order valence-electron chi connectivity index (χ1n) is 7.59. The SMILES string of the molecule is CS(=O)(=O)CCC(N)C(=O)NC1CCN(c2ccc(Cl)c(F)c2)C1. The summed E-state index contributed by atoms with van der Waals surface area (Å²) < 4.78 is 35.8. The Bertz CT molecular complexity index is 714. The number of benzene rings is 1. The molecule has 1 aliphatic heterocycles. The molecular formula is C15H21ClFN3O3S. The van der Waals surface area contributed by atoms with Crippen LogP contribution < -0.4 is 16.0 Å². The highest BCUT2D eigenvalue weighted by Gasteiger charge is 2.26. The first-order chi connectivity index (χ1) is 11.2. The van der Waals surface area contributed by atoms with Gasteiger partial charge in [0.2, 0.25) is 5.91 Å². The second-order valence-corrected chi connectivity index (χ2v) is 8.73. The number of rotatable bonds is 6. The molecule has 2 unspecified atom stereocenters. The lowest BCUT2D eigenvalue weighted by Crippen LogP contribution is -2.46. The third-order valence-electron chi connectivity index (χ3n) is 3.94. The minimum Gasteiger partial charge on any atom is -0.369 e. The van der Waals surface area contributed by atoms with Crippen molar-refractivity contribution in [1.82, 2.24) is 5.32 Å². The molecule has 0 saturated carbocycles. The molecule has 6 nitrogen and oxygen atoms in total. The van der Waals surface area contributed by atoms with Gasteiger partial charge in [0, 0.05) is 31.1 Å². The number of nitrogens with one attached hydrogen (secondary N) is 1. The predicted molar refractivity (Wildman–Crippen MR) is 92.5 cm³/mol. The summed E-state index contributed by atoms with van der Waals surface area (Å²) in [5.74, 6) is -0.972. The Labute approximate surface area is 146 Å². The van der Waals surface area contributed by atoms with Crippen molar-refractivity contribution in [2.75, 3.05) is 30.0 Å². The minimum atomic E-state index is -3.15. The molecule has 1 aromatic rings. The van der Waals surface area contributed by atoms with E-state index in [9.17, 15) is 17.6 Å². The standard InChI is InChI=1S/C15H21ClFN3O3S/c1-24(22,23)7-5-14(18)15(21)19-10-4-6-20(9-10)11-2-3-12(16)13(17)8-11/h2-3,8,10,14H,4-7,9,18H2,1H3,(H,19,21). The minimum absolute atomic E-state index is 0.0691. The number of nitrogens with zero attached hydrogens (tertiary/aromatic N) is 1. The summed E-state index contributed by atoms with van der Waals surface area (Å²) in [4.78, 5) is 14.0. The van der Waals surface area contributed by atoms with E-state index in [0.717, 1.165) is 6.26 Å². The molecule has 2 atom stereocenters. The molecule has 1 heterocycles. The zero-order valence-electron chi connectivity index (χ0n) is 13.3. The quantitative estimate of drug-likeness (QED) is 0.769. The molecule has 0 bridgehead atoms. The van der Waals surface area contributed by atoms with Gasteiger partial charge in [-0.2, -0.15) is 0 Å². The van der Waals surface area contributed by atoms with Crippen LogP contribution in [0.1, 0.15) is 12.8 Å². The van der Waals surface area contributed by atoms with E-state index in [4.69, 9.17) is 17.3 Å². The molecule has 1 amide bonds. The second kappa shape index (κ2) is 7.67. The number of carbonyl (C=O) groups is 1. The molecule has 0 radical (unpaired) electrons. The second-order valence-electron chi connectivity index (χ2n) is 6.06. The molecule has 1 aliphatic rings.